The first-order valence-corrected chi connectivity index (χ1v) is 6.23. The van der Waals surface area contributed by atoms with Gasteiger partial charge in [-0.2, -0.15) is 0 Å². The van der Waals surface area contributed by atoms with E-state index in [1.54, 1.807) is 24.8 Å². The second-order valence-corrected chi connectivity index (χ2v) is 4.31. The van der Waals surface area contributed by atoms with Crippen LogP contribution in [0.2, 0.25) is 0 Å². The molecule has 0 spiro atoms. The molecule has 0 aliphatic carbocycles. The van der Waals surface area contributed by atoms with Gasteiger partial charge in [0.1, 0.15) is 0 Å². The maximum atomic E-state index is 4.10. The molecule has 98 valence electrons. The molecule has 6 heteroatoms. The second-order valence-electron chi connectivity index (χ2n) is 4.31. The molecular formula is C14H12N6. The molecule has 0 amide bonds. The fourth-order valence-electron chi connectivity index (χ4n) is 1.78. The van der Waals surface area contributed by atoms with Crippen LogP contribution in [0.25, 0.3) is 0 Å². The Balaban J connectivity index is 1.69. The Morgan fingerprint density at radius 3 is 1.45 bits per heavy atom. The number of rotatable bonds is 4. The van der Waals surface area contributed by atoms with E-state index in [1.807, 2.05) is 24.3 Å². The minimum absolute atomic E-state index is 0.584. The van der Waals surface area contributed by atoms with Crippen molar-refractivity contribution < 1.29 is 0 Å². The Morgan fingerprint density at radius 1 is 0.650 bits per heavy atom. The molecule has 0 saturated heterocycles. The minimum atomic E-state index is 0.584. The Hall–Kier alpha value is -2.76. The average molecular weight is 264 g/mol. The largest absolute Gasteiger partial charge is 0.264 e. The van der Waals surface area contributed by atoms with E-state index in [0.29, 0.717) is 24.5 Å². The fraction of sp³-hybridized carbons (Fsp3) is 0.143. The highest BCUT2D eigenvalue weighted by Gasteiger charge is 2.04. The molecule has 0 saturated carbocycles. The molecule has 0 unspecified atom stereocenters. The van der Waals surface area contributed by atoms with Crippen LogP contribution in [-0.2, 0) is 12.8 Å². The van der Waals surface area contributed by atoms with Gasteiger partial charge in [-0.25, -0.2) is 0 Å². The van der Waals surface area contributed by atoms with Crippen molar-refractivity contribution in [2.24, 2.45) is 0 Å². The minimum Gasteiger partial charge on any atom is -0.264 e. The van der Waals surface area contributed by atoms with E-state index >= 15 is 0 Å². The number of hydrogen-bond donors (Lipinski definition) is 0. The van der Waals surface area contributed by atoms with E-state index in [1.165, 1.54) is 0 Å². The van der Waals surface area contributed by atoms with Crippen molar-refractivity contribution >= 4 is 0 Å². The lowest BCUT2D eigenvalue weighted by Gasteiger charge is -2.00. The van der Waals surface area contributed by atoms with Crippen LogP contribution in [0, 0.1) is 0 Å². The summed E-state index contributed by atoms with van der Waals surface area (Å²) in [6.45, 7) is 0. The van der Waals surface area contributed by atoms with Gasteiger partial charge < -0.3 is 0 Å². The molecule has 0 radical (unpaired) electrons. The number of pyridine rings is 2. The van der Waals surface area contributed by atoms with Crippen molar-refractivity contribution in [3.05, 3.63) is 71.8 Å². The van der Waals surface area contributed by atoms with Gasteiger partial charge in [0.05, 0.1) is 0 Å². The molecule has 3 rings (SSSR count). The van der Waals surface area contributed by atoms with Gasteiger partial charge in [0.25, 0.3) is 0 Å². The summed E-state index contributed by atoms with van der Waals surface area (Å²) >= 11 is 0. The van der Waals surface area contributed by atoms with Gasteiger partial charge in [0, 0.05) is 37.6 Å². The quantitative estimate of drug-likeness (QED) is 0.705. The summed E-state index contributed by atoms with van der Waals surface area (Å²) in [6, 6.07) is 7.71. The fourth-order valence-corrected chi connectivity index (χ4v) is 1.78. The van der Waals surface area contributed by atoms with Crippen molar-refractivity contribution in [1.29, 1.82) is 0 Å². The van der Waals surface area contributed by atoms with Gasteiger partial charge in [0.2, 0.25) is 0 Å². The third-order valence-electron chi connectivity index (χ3n) is 2.73. The summed E-state index contributed by atoms with van der Waals surface area (Å²) in [7, 11) is 0. The number of aromatic nitrogens is 6. The molecule has 0 fully saturated rings. The zero-order valence-corrected chi connectivity index (χ0v) is 10.7. The molecule has 3 heterocycles. The highest BCUT2D eigenvalue weighted by Crippen LogP contribution is 2.04. The highest BCUT2D eigenvalue weighted by molar-refractivity contribution is 5.14. The van der Waals surface area contributed by atoms with E-state index in [-0.39, 0.29) is 0 Å². The smallest absolute Gasteiger partial charge is 0.177 e. The monoisotopic (exact) mass is 264 g/mol. The molecule has 0 aliphatic heterocycles. The van der Waals surface area contributed by atoms with E-state index in [0.717, 1.165) is 11.1 Å². The first kappa shape index (κ1) is 12.3. The first-order valence-electron chi connectivity index (χ1n) is 6.23. The van der Waals surface area contributed by atoms with Gasteiger partial charge >= 0.3 is 0 Å². The lowest BCUT2D eigenvalue weighted by Crippen LogP contribution is -2.06. The summed E-state index contributed by atoms with van der Waals surface area (Å²) < 4.78 is 0. The summed E-state index contributed by atoms with van der Waals surface area (Å²) in [6.07, 6.45) is 8.21. The van der Waals surface area contributed by atoms with Gasteiger partial charge in [-0.05, 0) is 23.3 Å². The van der Waals surface area contributed by atoms with Crippen molar-refractivity contribution in [3.8, 4) is 0 Å². The second kappa shape index (κ2) is 5.92. The Labute approximate surface area is 116 Å². The van der Waals surface area contributed by atoms with Gasteiger partial charge in [-0.1, -0.05) is 12.1 Å². The Morgan fingerprint density at radius 2 is 1.10 bits per heavy atom. The SMILES string of the molecule is c1cncc(Cc2nnc(Cc3cccnc3)nn2)c1. The van der Waals surface area contributed by atoms with Crippen LogP contribution in [0.5, 0.6) is 0 Å². The highest BCUT2D eigenvalue weighted by atomic mass is 15.3. The molecule has 20 heavy (non-hydrogen) atoms. The summed E-state index contributed by atoms with van der Waals surface area (Å²) in [5.41, 5.74) is 2.08. The van der Waals surface area contributed by atoms with Crippen molar-refractivity contribution in [2.75, 3.05) is 0 Å². The molecule has 0 aliphatic rings. The summed E-state index contributed by atoms with van der Waals surface area (Å²) in [5.74, 6) is 1.18. The first-order chi connectivity index (χ1) is 9.90. The van der Waals surface area contributed by atoms with E-state index < -0.39 is 0 Å². The molecule has 0 N–H and O–H groups in total. The topological polar surface area (TPSA) is 77.3 Å². The lowest BCUT2D eigenvalue weighted by atomic mass is 10.2. The number of hydrogen-bond acceptors (Lipinski definition) is 6. The molecule has 0 bridgehead atoms. The van der Waals surface area contributed by atoms with Crippen LogP contribution in [0.1, 0.15) is 22.8 Å². The third-order valence-corrected chi connectivity index (χ3v) is 2.73. The average Bonchev–Trinajstić information content (AvgIpc) is 2.51. The number of nitrogens with zero attached hydrogens (tertiary/aromatic N) is 6. The van der Waals surface area contributed by atoms with Crippen LogP contribution < -0.4 is 0 Å². The molecule has 3 aromatic rings. The molecule has 6 nitrogen and oxygen atoms in total. The van der Waals surface area contributed by atoms with E-state index in [4.69, 9.17) is 0 Å². The van der Waals surface area contributed by atoms with Crippen molar-refractivity contribution in [1.82, 2.24) is 30.4 Å². The van der Waals surface area contributed by atoms with Crippen molar-refractivity contribution in [3.63, 3.8) is 0 Å². The maximum Gasteiger partial charge on any atom is 0.177 e. The molecule has 0 atom stereocenters. The zero-order chi connectivity index (χ0) is 13.6. The van der Waals surface area contributed by atoms with Crippen LogP contribution >= 0.6 is 0 Å². The van der Waals surface area contributed by atoms with Gasteiger partial charge in [0.15, 0.2) is 11.6 Å². The zero-order valence-electron chi connectivity index (χ0n) is 10.7. The molecular weight excluding hydrogens is 252 g/mol. The Bertz CT molecular complexity index is 594. The predicted molar refractivity (Wildman–Crippen MR) is 71.7 cm³/mol. The van der Waals surface area contributed by atoms with E-state index in [9.17, 15) is 0 Å². The van der Waals surface area contributed by atoms with Gasteiger partial charge in [-0.3, -0.25) is 9.97 Å². The third kappa shape index (κ3) is 3.17. The molecule has 3 aromatic heterocycles. The summed E-state index contributed by atoms with van der Waals surface area (Å²) in [4.78, 5) is 8.10. The maximum absolute atomic E-state index is 4.10. The Kier molecular flexibility index (Phi) is 3.64. The van der Waals surface area contributed by atoms with Gasteiger partial charge in [-0.15, -0.1) is 20.4 Å². The normalized spacial score (nSPS) is 10.4. The van der Waals surface area contributed by atoms with Crippen LogP contribution in [0.4, 0.5) is 0 Å². The standard InChI is InChI=1S/C14H12N6/c1-3-11(9-15-5-1)7-13-17-19-14(20-18-13)8-12-4-2-6-16-10-12/h1-6,9-10H,7-8H2. The molecule has 0 aromatic carbocycles. The predicted octanol–water partition coefficient (Wildman–Crippen LogP) is 1.24. The summed E-state index contributed by atoms with van der Waals surface area (Å²) in [5, 5.41) is 16.4. The lowest BCUT2D eigenvalue weighted by molar-refractivity contribution is 0.725. The van der Waals surface area contributed by atoms with E-state index in [2.05, 4.69) is 30.4 Å². The van der Waals surface area contributed by atoms with Crippen LogP contribution in [0.3, 0.4) is 0 Å². The van der Waals surface area contributed by atoms with Crippen molar-refractivity contribution in [2.45, 2.75) is 12.8 Å². The van der Waals surface area contributed by atoms with Crippen LogP contribution in [-0.4, -0.2) is 30.4 Å². The van der Waals surface area contributed by atoms with Crippen LogP contribution in [0.15, 0.2) is 49.1 Å².